The second kappa shape index (κ2) is 4.91. The molecule has 94 valence electrons. The van der Waals surface area contributed by atoms with Crippen LogP contribution in [-0.4, -0.2) is 12.4 Å². The van der Waals surface area contributed by atoms with Crippen molar-refractivity contribution in [1.82, 2.24) is 0 Å². The molecule has 0 aliphatic carbocycles. The van der Waals surface area contributed by atoms with Crippen LogP contribution in [0.15, 0.2) is 12.1 Å². The first kappa shape index (κ1) is 13.8. The highest BCUT2D eigenvalue weighted by Gasteiger charge is 2.22. The molecule has 2 heteroatoms. The molecule has 2 nitrogen and oxygen atoms in total. The van der Waals surface area contributed by atoms with Gasteiger partial charge in [0.15, 0.2) is 5.78 Å². The van der Waals surface area contributed by atoms with E-state index in [1.54, 1.807) is 6.92 Å². The summed E-state index contributed by atoms with van der Waals surface area (Å²) in [5.41, 5.74) is 2.87. The van der Waals surface area contributed by atoms with E-state index < -0.39 is 0 Å². The van der Waals surface area contributed by atoms with Gasteiger partial charge in [-0.05, 0) is 43.9 Å². The lowest BCUT2D eigenvalue weighted by molar-refractivity contribution is 0.101. The van der Waals surface area contributed by atoms with E-state index >= 15 is 0 Å². The Morgan fingerprint density at radius 3 is 2.29 bits per heavy atom. The second-order valence-electron chi connectivity index (χ2n) is 5.41. The molecule has 0 radical (unpaired) electrons. The standard InChI is InChI=1S/C15H22O2/c1-7-17-14-10(2)8-12(11(3)16)9-13(14)15(4,5)6/h8-9H,7H2,1-6H3. The predicted molar refractivity (Wildman–Crippen MR) is 71.1 cm³/mol. The second-order valence-corrected chi connectivity index (χ2v) is 5.41. The van der Waals surface area contributed by atoms with Gasteiger partial charge in [0.05, 0.1) is 6.61 Å². The van der Waals surface area contributed by atoms with Gasteiger partial charge in [-0.25, -0.2) is 0 Å². The maximum absolute atomic E-state index is 11.5. The molecule has 1 rings (SSSR count). The molecule has 17 heavy (non-hydrogen) atoms. The lowest BCUT2D eigenvalue weighted by atomic mass is 9.83. The number of benzene rings is 1. The van der Waals surface area contributed by atoms with Gasteiger partial charge in [0.1, 0.15) is 5.75 Å². The number of hydrogen-bond donors (Lipinski definition) is 0. The summed E-state index contributed by atoms with van der Waals surface area (Å²) in [4.78, 5) is 11.5. The fourth-order valence-corrected chi connectivity index (χ4v) is 1.87. The van der Waals surface area contributed by atoms with Crippen LogP contribution in [-0.2, 0) is 5.41 Å². The summed E-state index contributed by atoms with van der Waals surface area (Å²) in [6.45, 7) is 12.6. The molecular weight excluding hydrogens is 212 g/mol. The fourth-order valence-electron chi connectivity index (χ4n) is 1.87. The first-order valence-corrected chi connectivity index (χ1v) is 6.06. The van der Waals surface area contributed by atoms with Gasteiger partial charge in [0, 0.05) is 11.1 Å². The van der Waals surface area contributed by atoms with Crippen LogP contribution in [0.5, 0.6) is 5.75 Å². The zero-order chi connectivity index (χ0) is 13.2. The molecule has 0 N–H and O–H groups in total. The van der Waals surface area contributed by atoms with Gasteiger partial charge < -0.3 is 4.74 Å². The highest BCUT2D eigenvalue weighted by molar-refractivity contribution is 5.94. The van der Waals surface area contributed by atoms with E-state index in [0.717, 1.165) is 22.4 Å². The van der Waals surface area contributed by atoms with Crippen LogP contribution in [0.4, 0.5) is 0 Å². The van der Waals surface area contributed by atoms with Gasteiger partial charge in [0.2, 0.25) is 0 Å². The van der Waals surface area contributed by atoms with Crippen molar-refractivity contribution >= 4 is 5.78 Å². The van der Waals surface area contributed by atoms with E-state index in [1.165, 1.54) is 0 Å². The van der Waals surface area contributed by atoms with E-state index in [0.29, 0.717) is 6.61 Å². The number of aryl methyl sites for hydroxylation is 1. The van der Waals surface area contributed by atoms with Crippen molar-refractivity contribution in [2.24, 2.45) is 0 Å². The number of hydrogen-bond acceptors (Lipinski definition) is 2. The normalized spacial score (nSPS) is 11.4. The topological polar surface area (TPSA) is 26.3 Å². The summed E-state index contributed by atoms with van der Waals surface area (Å²) in [6, 6.07) is 3.86. The summed E-state index contributed by atoms with van der Waals surface area (Å²) >= 11 is 0. The molecule has 0 amide bonds. The maximum Gasteiger partial charge on any atom is 0.159 e. The molecule has 0 saturated carbocycles. The van der Waals surface area contributed by atoms with Crippen LogP contribution < -0.4 is 4.74 Å². The Kier molecular flexibility index (Phi) is 3.97. The van der Waals surface area contributed by atoms with Gasteiger partial charge in [-0.1, -0.05) is 20.8 Å². The number of carbonyl (C=O) groups excluding carboxylic acids is 1. The van der Waals surface area contributed by atoms with Crippen molar-refractivity contribution in [3.63, 3.8) is 0 Å². The molecule has 0 spiro atoms. The Balaban J connectivity index is 3.45. The fraction of sp³-hybridized carbons (Fsp3) is 0.533. The third kappa shape index (κ3) is 3.09. The largest absolute Gasteiger partial charge is 0.493 e. The molecule has 1 aromatic rings. The van der Waals surface area contributed by atoms with Crippen LogP contribution in [0, 0.1) is 6.92 Å². The number of carbonyl (C=O) groups is 1. The van der Waals surface area contributed by atoms with Gasteiger partial charge in [-0.2, -0.15) is 0 Å². The smallest absolute Gasteiger partial charge is 0.159 e. The van der Waals surface area contributed by atoms with Crippen LogP contribution in [0.25, 0.3) is 0 Å². The van der Waals surface area contributed by atoms with Crippen molar-refractivity contribution in [2.45, 2.75) is 47.0 Å². The molecule has 0 fully saturated rings. The number of ether oxygens (including phenoxy) is 1. The molecular formula is C15H22O2. The van der Waals surface area contributed by atoms with E-state index in [-0.39, 0.29) is 11.2 Å². The summed E-state index contributed by atoms with van der Waals surface area (Å²) in [5, 5.41) is 0. The SMILES string of the molecule is CCOc1c(C)cc(C(C)=O)cc1C(C)(C)C. The summed E-state index contributed by atoms with van der Waals surface area (Å²) in [7, 11) is 0. The zero-order valence-electron chi connectivity index (χ0n) is 11.7. The van der Waals surface area contributed by atoms with Crippen LogP contribution in [0.1, 0.15) is 56.1 Å². The molecule has 0 aliphatic rings. The minimum Gasteiger partial charge on any atom is -0.493 e. The molecule has 0 heterocycles. The van der Waals surface area contributed by atoms with Crippen molar-refractivity contribution in [3.05, 3.63) is 28.8 Å². The zero-order valence-corrected chi connectivity index (χ0v) is 11.7. The van der Waals surface area contributed by atoms with E-state index in [9.17, 15) is 4.79 Å². The number of Topliss-reactive ketones (excluding diaryl/α,β-unsaturated/α-hetero) is 1. The quantitative estimate of drug-likeness (QED) is 0.741. The molecule has 0 atom stereocenters. The van der Waals surface area contributed by atoms with Crippen molar-refractivity contribution in [1.29, 1.82) is 0 Å². The van der Waals surface area contributed by atoms with E-state index in [1.807, 2.05) is 26.0 Å². The Morgan fingerprint density at radius 1 is 1.29 bits per heavy atom. The van der Waals surface area contributed by atoms with Crippen LogP contribution in [0.2, 0.25) is 0 Å². The lowest BCUT2D eigenvalue weighted by Crippen LogP contribution is -2.15. The average Bonchev–Trinajstić information content (AvgIpc) is 2.18. The van der Waals surface area contributed by atoms with Crippen molar-refractivity contribution in [3.8, 4) is 5.75 Å². The molecule has 0 aliphatic heterocycles. The van der Waals surface area contributed by atoms with Gasteiger partial charge in [-0.15, -0.1) is 0 Å². The maximum atomic E-state index is 11.5. The monoisotopic (exact) mass is 234 g/mol. The third-order valence-corrected chi connectivity index (χ3v) is 2.78. The number of ketones is 1. The average molecular weight is 234 g/mol. The molecule has 1 aromatic carbocycles. The molecule has 0 bridgehead atoms. The van der Waals surface area contributed by atoms with Crippen LogP contribution >= 0.6 is 0 Å². The highest BCUT2D eigenvalue weighted by Crippen LogP contribution is 2.35. The third-order valence-electron chi connectivity index (χ3n) is 2.78. The highest BCUT2D eigenvalue weighted by atomic mass is 16.5. The molecule has 0 aromatic heterocycles. The first-order valence-electron chi connectivity index (χ1n) is 6.06. The number of rotatable bonds is 3. The van der Waals surface area contributed by atoms with Crippen molar-refractivity contribution < 1.29 is 9.53 Å². The minimum atomic E-state index is -0.0271. The summed E-state index contributed by atoms with van der Waals surface area (Å²) in [5.74, 6) is 1.02. The van der Waals surface area contributed by atoms with Gasteiger partial charge in [-0.3, -0.25) is 4.79 Å². The Hall–Kier alpha value is -1.31. The Morgan fingerprint density at radius 2 is 1.88 bits per heavy atom. The minimum absolute atomic E-state index is 0.0271. The summed E-state index contributed by atoms with van der Waals surface area (Å²) in [6.07, 6.45) is 0. The Labute approximate surface area is 104 Å². The molecule has 0 saturated heterocycles. The van der Waals surface area contributed by atoms with Gasteiger partial charge in [0.25, 0.3) is 0 Å². The predicted octanol–water partition coefficient (Wildman–Crippen LogP) is 3.89. The first-order chi connectivity index (χ1) is 7.77. The Bertz CT molecular complexity index is 425. The van der Waals surface area contributed by atoms with Crippen LogP contribution in [0.3, 0.4) is 0 Å². The van der Waals surface area contributed by atoms with Gasteiger partial charge >= 0.3 is 0 Å². The van der Waals surface area contributed by atoms with E-state index in [2.05, 4.69) is 20.8 Å². The van der Waals surface area contributed by atoms with Crippen molar-refractivity contribution in [2.75, 3.05) is 6.61 Å². The van der Waals surface area contributed by atoms with E-state index in [4.69, 9.17) is 4.74 Å². The summed E-state index contributed by atoms with van der Waals surface area (Å²) < 4.78 is 5.72. The lowest BCUT2D eigenvalue weighted by Gasteiger charge is -2.24. The molecule has 0 unspecified atom stereocenters.